The van der Waals surface area contributed by atoms with Gasteiger partial charge in [-0.25, -0.2) is 0 Å². The first-order chi connectivity index (χ1) is 10.4. The second-order valence-corrected chi connectivity index (χ2v) is 6.51. The van der Waals surface area contributed by atoms with Gasteiger partial charge in [-0.05, 0) is 54.8 Å². The van der Waals surface area contributed by atoms with Crippen LogP contribution < -0.4 is 0 Å². The lowest BCUT2D eigenvalue weighted by Gasteiger charge is -2.45. The first-order valence-corrected chi connectivity index (χ1v) is 8.27. The van der Waals surface area contributed by atoms with Crippen LogP contribution >= 0.6 is 0 Å². The number of hydrogen-bond donors (Lipinski definition) is 0. The first-order valence-electron chi connectivity index (χ1n) is 8.27. The van der Waals surface area contributed by atoms with E-state index in [1.54, 1.807) is 11.1 Å². The fourth-order valence-electron chi connectivity index (χ4n) is 4.31. The summed E-state index contributed by atoms with van der Waals surface area (Å²) in [6, 6.07) is 20.8. The van der Waals surface area contributed by atoms with E-state index in [1.165, 1.54) is 37.8 Å². The molecule has 21 heavy (non-hydrogen) atoms. The van der Waals surface area contributed by atoms with E-state index in [1.807, 2.05) is 0 Å². The molecule has 0 N–H and O–H groups in total. The molecule has 0 spiro atoms. The van der Waals surface area contributed by atoms with E-state index >= 15 is 0 Å². The van der Waals surface area contributed by atoms with Crippen molar-refractivity contribution in [3.63, 3.8) is 0 Å². The Balaban J connectivity index is 1.59. The van der Waals surface area contributed by atoms with E-state index in [0.29, 0.717) is 0 Å². The second-order valence-electron chi connectivity index (χ2n) is 6.51. The lowest BCUT2D eigenvalue weighted by atomic mass is 9.74. The van der Waals surface area contributed by atoms with Crippen LogP contribution in [0.25, 0.3) is 0 Å². The summed E-state index contributed by atoms with van der Waals surface area (Å²) in [6.45, 7) is 2.38. The van der Waals surface area contributed by atoms with Crippen molar-refractivity contribution in [2.45, 2.75) is 44.2 Å². The molecule has 108 valence electrons. The normalized spacial score (nSPS) is 25.1. The second kappa shape index (κ2) is 5.65. The van der Waals surface area contributed by atoms with Crippen LogP contribution in [0.4, 0.5) is 0 Å². The number of nitrogens with zero attached hydrogens (tertiary/aromatic N) is 1. The largest absolute Gasteiger partial charge is 0.296 e. The van der Waals surface area contributed by atoms with Crippen LogP contribution in [0, 0.1) is 0 Å². The molecule has 1 heterocycles. The summed E-state index contributed by atoms with van der Waals surface area (Å²) in [5.41, 5.74) is 4.68. The van der Waals surface area contributed by atoms with Crippen molar-refractivity contribution in [3.8, 4) is 0 Å². The van der Waals surface area contributed by atoms with Crippen molar-refractivity contribution in [2.24, 2.45) is 0 Å². The van der Waals surface area contributed by atoms with E-state index in [-0.39, 0.29) is 0 Å². The molecule has 4 rings (SSSR count). The van der Waals surface area contributed by atoms with Gasteiger partial charge in [-0.1, -0.05) is 54.6 Å². The molecule has 0 saturated carbocycles. The van der Waals surface area contributed by atoms with Crippen molar-refractivity contribution in [2.75, 3.05) is 6.54 Å². The van der Waals surface area contributed by atoms with Gasteiger partial charge in [0.15, 0.2) is 0 Å². The maximum Gasteiger partial charge on any atom is 0.0236 e. The minimum absolute atomic E-state index is 0.744. The molecule has 2 aromatic rings. The predicted octanol–water partition coefficient (Wildman–Crippen LogP) is 4.38. The molecule has 0 aromatic heterocycles. The lowest BCUT2D eigenvalue weighted by molar-refractivity contribution is 0.105. The number of benzene rings is 2. The third-order valence-electron chi connectivity index (χ3n) is 5.29. The van der Waals surface area contributed by atoms with Crippen LogP contribution in [-0.4, -0.2) is 17.5 Å². The van der Waals surface area contributed by atoms with Gasteiger partial charge in [0, 0.05) is 12.6 Å². The molecule has 0 bridgehead atoms. The zero-order chi connectivity index (χ0) is 14.1. The van der Waals surface area contributed by atoms with Crippen molar-refractivity contribution < 1.29 is 0 Å². The molecule has 0 amide bonds. The van der Waals surface area contributed by atoms with Gasteiger partial charge in [-0.2, -0.15) is 0 Å². The molecule has 1 aliphatic heterocycles. The van der Waals surface area contributed by atoms with Crippen molar-refractivity contribution in [1.82, 2.24) is 4.90 Å². The number of likely N-dealkylation sites (tertiary alicyclic amines) is 1. The highest BCUT2D eigenvalue weighted by atomic mass is 15.2. The van der Waals surface area contributed by atoms with Crippen LogP contribution in [-0.2, 0) is 13.0 Å². The Bertz CT molecular complexity index is 604. The number of hydrogen-bond acceptors (Lipinski definition) is 1. The van der Waals surface area contributed by atoms with Gasteiger partial charge in [0.05, 0.1) is 0 Å². The minimum atomic E-state index is 0.744. The van der Waals surface area contributed by atoms with Gasteiger partial charge >= 0.3 is 0 Å². The van der Waals surface area contributed by atoms with Crippen LogP contribution in [0.5, 0.6) is 0 Å². The van der Waals surface area contributed by atoms with E-state index in [4.69, 9.17) is 0 Å². The van der Waals surface area contributed by atoms with E-state index < -0.39 is 0 Å². The Morgan fingerprint density at radius 2 is 1.71 bits per heavy atom. The maximum atomic E-state index is 2.74. The number of aryl methyl sites for hydroxylation is 1. The van der Waals surface area contributed by atoms with Gasteiger partial charge in [0.25, 0.3) is 0 Å². The summed E-state index contributed by atoms with van der Waals surface area (Å²) in [6.07, 6.45) is 5.28. The van der Waals surface area contributed by atoms with Crippen molar-refractivity contribution in [3.05, 3.63) is 71.3 Å². The quantitative estimate of drug-likeness (QED) is 0.787. The van der Waals surface area contributed by atoms with E-state index in [9.17, 15) is 0 Å². The van der Waals surface area contributed by atoms with Gasteiger partial charge in [0.1, 0.15) is 0 Å². The maximum absolute atomic E-state index is 2.74. The molecule has 2 atom stereocenters. The molecular weight excluding hydrogens is 254 g/mol. The molecule has 2 aromatic carbocycles. The number of rotatable bonds is 2. The molecule has 1 heteroatoms. The van der Waals surface area contributed by atoms with Crippen molar-refractivity contribution >= 4 is 0 Å². The number of fused-ring (bicyclic) bond motifs is 3. The van der Waals surface area contributed by atoms with Gasteiger partial charge < -0.3 is 0 Å². The monoisotopic (exact) mass is 277 g/mol. The molecule has 1 nitrogen and oxygen atoms in total. The Hall–Kier alpha value is -1.60. The van der Waals surface area contributed by atoms with Crippen LogP contribution in [0.3, 0.4) is 0 Å². The van der Waals surface area contributed by atoms with Crippen LogP contribution in [0.15, 0.2) is 54.6 Å². The molecule has 1 aliphatic carbocycles. The Kier molecular flexibility index (Phi) is 3.52. The summed E-state index contributed by atoms with van der Waals surface area (Å²) >= 11 is 0. The highest BCUT2D eigenvalue weighted by Crippen LogP contribution is 2.40. The Labute approximate surface area is 127 Å². The Morgan fingerprint density at radius 1 is 0.905 bits per heavy atom. The number of piperidine rings is 1. The third-order valence-corrected chi connectivity index (χ3v) is 5.29. The Morgan fingerprint density at radius 3 is 2.62 bits per heavy atom. The first kappa shape index (κ1) is 13.1. The van der Waals surface area contributed by atoms with Crippen LogP contribution in [0.1, 0.15) is 41.9 Å². The molecular formula is C20H23N. The van der Waals surface area contributed by atoms with Gasteiger partial charge in [-0.3, -0.25) is 4.90 Å². The molecule has 2 aliphatic rings. The SMILES string of the molecule is c1ccc(CN2CCC[C@H]3c4ccccc4CC[C@@H]32)cc1. The standard InChI is InChI=1S/C20H23N/c1-2-7-16(8-3-1)15-21-14-6-11-19-18-10-5-4-9-17(18)12-13-20(19)21/h1-5,7-10,19-20H,6,11-15H2/t19-,20-/m0/s1. The summed E-state index contributed by atoms with van der Waals surface area (Å²) in [5, 5.41) is 0. The fourth-order valence-corrected chi connectivity index (χ4v) is 4.31. The van der Waals surface area contributed by atoms with Gasteiger partial charge in [-0.15, -0.1) is 0 Å². The lowest BCUT2D eigenvalue weighted by Crippen LogP contribution is -2.45. The molecule has 0 unspecified atom stereocenters. The molecule has 1 saturated heterocycles. The zero-order valence-corrected chi connectivity index (χ0v) is 12.5. The third kappa shape index (κ3) is 2.51. The van der Waals surface area contributed by atoms with E-state index in [2.05, 4.69) is 59.5 Å². The fraction of sp³-hybridized carbons (Fsp3) is 0.400. The summed E-state index contributed by atoms with van der Waals surface area (Å²) in [7, 11) is 0. The molecule has 0 radical (unpaired) electrons. The summed E-state index contributed by atoms with van der Waals surface area (Å²) in [4.78, 5) is 2.74. The predicted molar refractivity (Wildman–Crippen MR) is 87.4 cm³/mol. The average molecular weight is 277 g/mol. The smallest absolute Gasteiger partial charge is 0.0236 e. The molecule has 1 fully saturated rings. The highest BCUT2D eigenvalue weighted by Gasteiger charge is 2.35. The summed E-state index contributed by atoms with van der Waals surface area (Å²) in [5.74, 6) is 0.757. The average Bonchev–Trinajstić information content (AvgIpc) is 2.56. The van der Waals surface area contributed by atoms with E-state index in [0.717, 1.165) is 18.5 Å². The van der Waals surface area contributed by atoms with Gasteiger partial charge in [0.2, 0.25) is 0 Å². The topological polar surface area (TPSA) is 3.24 Å². The summed E-state index contributed by atoms with van der Waals surface area (Å²) < 4.78 is 0. The van der Waals surface area contributed by atoms with Crippen molar-refractivity contribution in [1.29, 1.82) is 0 Å². The highest BCUT2D eigenvalue weighted by molar-refractivity contribution is 5.35. The zero-order valence-electron chi connectivity index (χ0n) is 12.5. The van der Waals surface area contributed by atoms with Crippen LogP contribution in [0.2, 0.25) is 0 Å². The minimum Gasteiger partial charge on any atom is -0.296 e.